The molecule has 1 aromatic carbocycles. The average Bonchev–Trinajstić information content (AvgIpc) is 2.86. The number of allylic oxidation sites excluding steroid dienone is 1. The number of nitrogens with zero attached hydrogens (tertiary/aromatic N) is 1. The van der Waals surface area contributed by atoms with Crippen molar-refractivity contribution in [2.45, 2.75) is 78.1 Å². The molecule has 0 spiro atoms. The number of likely N-dealkylation sites (N-methyl/N-ethyl adjacent to an activating group) is 1. The molecule has 0 saturated carbocycles. The molecule has 3 amide bonds. The van der Waals surface area contributed by atoms with E-state index in [2.05, 4.69) is 33.1 Å². The van der Waals surface area contributed by atoms with Gasteiger partial charge in [-0.25, -0.2) is 4.79 Å². The van der Waals surface area contributed by atoms with Crippen LogP contribution in [-0.2, 0) is 35.1 Å². The van der Waals surface area contributed by atoms with Crippen LogP contribution in [0, 0.1) is 11.8 Å². The summed E-state index contributed by atoms with van der Waals surface area (Å²) in [5.74, 6) is -3.56. The van der Waals surface area contributed by atoms with Crippen LogP contribution in [0.4, 0.5) is 0 Å². The first-order valence-electron chi connectivity index (χ1n) is 12.9. The number of aromatic hydroxyl groups is 1. The number of hydrogen-bond acceptors (Lipinski definition) is 7. The Morgan fingerprint density at radius 3 is 2.23 bits per heavy atom. The number of phenols is 1. The highest BCUT2D eigenvalue weighted by Crippen LogP contribution is 2.25. The molecule has 0 radical (unpaired) electrons. The van der Waals surface area contributed by atoms with Crippen molar-refractivity contribution in [1.29, 1.82) is 0 Å². The third kappa shape index (κ3) is 8.64. The van der Waals surface area contributed by atoms with Gasteiger partial charge in [0.1, 0.15) is 23.9 Å². The zero-order chi connectivity index (χ0) is 29.6. The Labute approximate surface area is 237 Å². The minimum Gasteiger partial charge on any atom is -0.507 e. The number of ether oxygens (including phenoxy) is 1. The quantitative estimate of drug-likeness (QED) is 0.346. The summed E-state index contributed by atoms with van der Waals surface area (Å²) in [5, 5.41) is 15.1. The third-order valence-electron chi connectivity index (χ3n) is 6.80. The number of nitrogens with one attached hydrogen (secondary N) is 2. The van der Waals surface area contributed by atoms with E-state index in [0.717, 1.165) is 0 Å². The van der Waals surface area contributed by atoms with E-state index in [1.165, 1.54) is 31.9 Å². The van der Waals surface area contributed by atoms with Gasteiger partial charge >= 0.3 is 5.97 Å². The maximum absolute atomic E-state index is 13.4. The summed E-state index contributed by atoms with van der Waals surface area (Å²) < 4.78 is 5.90. The molecule has 1 saturated heterocycles. The van der Waals surface area contributed by atoms with Gasteiger partial charge in [-0.1, -0.05) is 26.5 Å². The Kier molecular flexibility index (Phi) is 11.3. The molecule has 1 aromatic rings. The van der Waals surface area contributed by atoms with Crippen LogP contribution in [0.3, 0.4) is 0 Å². The summed E-state index contributed by atoms with van der Waals surface area (Å²) in [4.78, 5) is 66.3. The van der Waals surface area contributed by atoms with Gasteiger partial charge in [0.05, 0.1) is 10.6 Å². The molecule has 2 rings (SSSR count). The Hall–Kier alpha value is -3.21. The number of ketones is 1. The Balaban J connectivity index is 2.41. The third-order valence-corrected chi connectivity index (χ3v) is 7.43. The summed E-state index contributed by atoms with van der Waals surface area (Å²) in [5.41, 5.74) is 0.926. The number of hydrogen-bond donors (Lipinski definition) is 3. The fourth-order valence-corrected chi connectivity index (χ4v) is 4.84. The monoisotopic (exact) mass is 607 g/mol. The van der Waals surface area contributed by atoms with Crippen LogP contribution in [0.1, 0.15) is 53.0 Å². The maximum atomic E-state index is 13.4. The van der Waals surface area contributed by atoms with E-state index in [-0.39, 0.29) is 36.4 Å². The Bertz CT molecular complexity index is 1140. The van der Waals surface area contributed by atoms with Crippen molar-refractivity contribution in [2.75, 3.05) is 7.05 Å². The zero-order valence-electron chi connectivity index (χ0n) is 23.2. The molecule has 0 unspecified atom stereocenters. The summed E-state index contributed by atoms with van der Waals surface area (Å²) in [6, 6.07) is 1.67. The van der Waals surface area contributed by atoms with Gasteiger partial charge in [0.15, 0.2) is 5.78 Å². The SMILES string of the molecule is C=C1C[C@H](C)C(=O)N[C@H](C)C(=O)N(C)[C@@H](Cc2ccc(O)c(Br)c2)C(=O)N[C@@H](C)C(=O)O[C@H](C)C[C@H](C)C1=O. The summed E-state index contributed by atoms with van der Waals surface area (Å²) >= 11 is 3.25. The van der Waals surface area contributed by atoms with Crippen molar-refractivity contribution >= 4 is 45.4 Å². The number of Topliss-reactive ketones (excluding diaryl/α,β-unsaturated/α-hetero) is 1. The molecule has 11 heteroatoms. The molecule has 1 heterocycles. The van der Waals surface area contributed by atoms with E-state index >= 15 is 0 Å². The van der Waals surface area contributed by atoms with E-state index in [1.807, 2.05) is 0 Å². The van der Waals surface area contributed by atoms with Crippen molar-refractivity contribution in [3.63, 3.8) is 0 Å². The molecular weight excluding hydrogens is 570 g/mol. The number of esters is 1. The largest absolute Gasteiger partial charge is 0.507 e. The van der Waals surface area contributed by atoms with Crippen molar-refractivity contribution in [2.24, 2.45) is 11.8 Å². The molecule has 1 fully saturated rings. The molecule has 214 valence electrons. The molecule has 6 atom stereocenters. The number of phenolic OH excluding ortho intramolecular Hbond substituents is 1. The standard InChI is InChI=1S/C28H38BrN3O7/c1-14-10-16(3)25(35)30-18(5)27(37)32(7)22(13-20-8-9-23(33)21(29)12-20)26(36)31-19(6)28(38)39-17(4)11-15(2)24(14)34/h8-9,12,15-19,22,33H,1,10-11,13H2,2-7H3,(H,30,35)(H,31,36)/t15-,16-,17+,18+,19-,22-/m0/s1. The highest BCUT2D eigenvalue weighted by Gasteiger charge is 2.34. The molecule has 0 aliphatic carbocycles. The van der Waals surface area contributed by atoms with Crippen LogP contribution in [0.15, 0.2) is 34.8 Å². The molecule has 1 aliphatic heterocycles. The zero-order valence-corrected chi connectivity index (χ0v) is 24.8. The lowest BCUT2D eigenvalue weighted by atomic mass is 9.90. The van der Waals surface area contributed by atoms with Gasteiger partial charge in [-0.05, 0) is 72.8 Å². The van der Waals surface area contributed by atoms with Gasteiger partial charge in [-0.2, -0.15) is 0 Å². The van der Waals surface area contributed by atoms with Crippen LogP contribution < -0.4 is 10.6 Å². The van der Waals surface area contributed by atoms with E-state index < -0.39 is 59.8 Å². The Morgan fingerprint density at radius 2 is 1.62 bits per heavy atom. The van der Waals surface area contributed by atoms with Crippen LogP contribution in [-0.4, -0.2) is 70.8 Å². The number of carbonyl (C=O) groups excluding carboxylic acids is 5. The summed E-state index contributed by atoms with van der Waals surface area (Å²) in [6.45, 7) is 11.8. The maximum Gasteiger partial charge on any atom is 0.328 e. The summed E-state index contributed by atoms with van der Waals surface area (Å²) in [7, 11) is 1.44. The molecule has 39 heavy (non-hydrogen) atoms. The fraction of sp³-hybridized carbons (Fsp3) is 0.536. The minimum absolute atomic E-state index is 0.0204. The van der Waals surface area contributed by atoms with Crippen LogP contribution >= 0.6 is 15.9 Å². The second-order valence-corrected chi connectivity index (χ2v) is 11.2. The molecule has 0 bridgehead atoms. The molecule has 3 N–H and O–H groups in total. The number of carbonyl (C=O) groups is 5. The second kappa shape index (κ2) is 13.7. The van der Waals surface area contributed by atoms with Crippen molar-refractivity contribution in [3.05, 3.63) is 40.4 Å². The van der Waals surface area contributed by atoms with Crippen molar-refractivity contribution in [3.8, 4) is 5.75 Å². The number of rotatable bonds is 2. The highest BCUT2D eigenvalue weighted by molar-refractivity contribution is 9.10. The number of amides is 3. The molecule has 0 aromatic heterocycles. The molecular formula is C28H38BrN3O7. The predicted octanol–water partition coefficient (Wildman–Crippen LogP) is 2.66. The van der Waals surface area contributed by atoms with Gasteiger partial charge in [-0.15, -0.1) is 0 Å². The first-order chi connectivity index (χ1) is 18.1. The van der Waals surface area contributed by atoms with Gasteiger partial charge < -0.3 is 25.4 Å². The van der Waals surface area contributed by atoms with E-state index in [0.29, 0.717) is 10.0 Å². The van der Waals surface area contributed by atoms with Crippen LogP contribution in [0.5, 0.6) is 5.75 Å². The second-order valence-electron chi connectivity index (χ2n) is 10.4. The molecule has 10 nitrogen and oxygen atoms in total. The average molecular weight is 609 g/mol. The topological polar surface area (TPSA) is 142 Å². The molecule has 1 aliphatic rings. The van der Waals surface area contributed by atoms with E-state index in [1.54, 1.807) is 32.9 Å². The fourth-order valence-electron chi connectivity index (χ4n) is 4.42. The van der Waals surface area contributed by atoms with Crippen molar-refractivity contribution < 1.29 is 33.8 Å². The number of halogens is 1. The van der Waals surface area contributed by atoms with Crippen LogP contribution in [0.25, 0.3) is 0 Å². The van der Waals surface area contributed by atoms with Gasteiger partial charge in [0.2, 0.25) is 17.7 Å². The smallest absolute Gasteiger partial charge is 0.328 e. The minimum atomic E-state index is -1.05. The number of benzene rings is 1. The highest BCUT2D eigenvalue weighted by atomic mass is 79.9. The predicted molar refractivity (Wildman–Crippen MR) is 149 cm³/mol. The summed E-state index contributed by atoms with van der Waals surface area (Å²) in [6.07, 6.45) is -0.185. The number of cyclic esters (lactones) is 1. The normalized spacial score (nSPS) is 28.7. The lowest BCUT2D eigenvalue weighted by Gasteiger charge is -2.31. The van der Waals surface area contributed by atoms with Gasteiger partial charge in [-0.3, -0.25) is 19.2 Å². The van der Waals surface area contributed by atoms with E-state index in [9.17, 15) is 29.1 Å². The lowest BCUT2D eigenvalue weighted by Crippen LogP contribution is -2.56. The lowest BCUT2D eigenvalue weighted by molar-refractivity contribution is -0.153. The van der Waals surface area contributed by atoms with E-state index in [4.69, 9.17) is 4.74 Å². The first-order valence-corrected chi connectivity index (χ1v) is 13.7. The van der Waals surface area contributed by atoms with Gasteiger partial charge in [0, 0.05) is 25.3 Å². The van der Waals surface area contributed by atoms with Crippen molar-refractivity contribution in [1.82, 2.24) is 15.5 Å². The Morgan fingerprint density at radius 1 is 1.00 bits per heavy atom. The van der Waals surface area contributed by atoms with Gasteiger partial charge in [0.25, 0.3) is 0 Å². The first kappa shape index (κ1) is 32.0. The van der Waals surface area contributed by atoms with Crippen LogP contribution in [0.2, 0.25) is 0 Å².